The summed E-state index contributed by atoms with van der Waals surface area (Å²) in [5.41, 5.74) is 2.15. The number of halogens is 1. The Labute approximate surface area is 158 Å². The van der Waals surface area contributed by atoms with Crippen molar-refractivity contribution >= 4 is 44.8 Å². The fourth-order valence-electron chi connectivity index (χ4n) is 2.30. The fourth-order valence-corrected chi connectivity index (χ4v) is 3.48. The first-order valence-corrected chi connectivity index (χ1v) is 9.17. The predicted octanol–water partition coefficient (Wildman–Crippen LogP) is 4.79. The number of rotatable bonds is 4. The second-order valence-corrected chi connectivity index (χ2v) is 7.28. The molecule has 0 aliphatic rings. The highest BCUT2D eigenvalue weighted by molar-refractivity contribution is 9.10. The predicted molar refractivity (Wildman–Crippen MR) is 105 cm³/mol. The number of thiophene rings is 1. The molecule has 25 heavy (non-hydrogen) atoms. The van der Waals surface area contributed by atoms with Gasteiger partial charge in [-0.15, -0.1) is 11.3 Å². The molecule has 0 fully saturated rings. The summed E-state index contributed by atoms with van der Waals surface area (Å²) in [6, 6.07) is 18.5. The Balaban J connectivity index is 1.76. The topological polar surface area (TPSA) is 58.2 Å². The smallest absolute Gasteiger partial charge is 0.265 e. The van der Waals surface area contributed by atoms with Crippen molar-refractivity contribution in [2.75, 3.05) is 12.4 Å². The van der Waals surface area contributed by atoms with Gasteiger partial charge in [-0.3, -0.25) is 9.59 Å². The highest BCUT2D eigenvalue weighted by Crippen LogP contribution is 2.29. The summed E-state index contributed by atoms with van der Waals surface area (Å²) in [6.07, 6.45) is 0. The molecule has 0 atom stereocenters. The number of amides is 2. The van der Waals surface area contributed by atoms with Crippen LogP contribution >= 0.6 is 27.3 Å². The Bertz CT molecular complexity index is 919. The van der Waals surface area contributed by atoms with Gasteiger partial charge in [0.25, 0.3) is 11.8 Å². The number of carbonyl (C=O) groups is 2. The zero-order chi connectivity index (χ0) is 17.8. The van der Waals surface area contributed by atoms with Crippen LogP contribution in [-0.2, 0) is 0 Å². The summed E-state index contributed by atoms with van der Waals surface area (Å²) in [5.74, 6) is -0.382. The van der Waals surface area contributed by atoms with Gasteiger partial charge in [-0.25, -0.2) is 0 Å². The maximum absolute atomic E-state index is 12.5. The summed E-state index contributed by atoms with van der Waals surface area (Å²) >= 11 is 4.84. The van der Waals surface area contributed by atoms with Crippen LogP contribution in [0.2, 0.25) is 0 Å². The monoisotopic (exact) mass is 414 g/mol. The Morgan fingerprint density at radius 1 is 0.960 bits per heavy atom. The number of hydrogen-bond donors (Lipinski definition) is 2. The SMILES string of the molecule is CNC(=O)c1cccc(NC(=O)c2ccc(-c3ccc(Br)cc3)s2)c1. The molecule has 2 aromatic carbocycles. The molecular weight excluding hydrogens is 400 g/mol. The van der Waals surface area contributed by atoms with E-state index in [9.17, 15) is 9.59 Å². The third kappa shape index (κ3) is 4.15. The molecule has 2 amide bonds. The molecule has 6 heteroatoms. The Morgan fingerprint density at radius 3 is 2.44 bits per heavy atom. The van der Waals surface area contributed by atoms with Gasteiger partial charge in [-0.2, -0.15) is 0 Å². The number of nitrogens with one attached hydrogen (secondary N) is 2. The zero-order valence-corrected chi connectivity index (χ0v) is 15.8. The van der Waals surface area contributed by atoms with Crippen molar-refractivity contribution in [2.45, 2.75) is 0 Å². The minimum absolute atomic E-state index is 0.190. The molecule has 0 unspecified atom stereocenters. The van der Waals surface area contributed by atoms with Crippen molar-refractivity contribution < 1.29 is 9.59 Å². The van der Waals surface area contributed by atoms with Gasteiger partial charge in [0.1, 0.15) is 0 Å². The molecule has 1 aromatic heterocycles. The van der Waals surface area contributed by atoms with Gasteiger partial charge >= 0.3 is 0 Å². The van der Waals surface area contributed by atoms with Crippen molar-refractivity contribution in [3.8, 4) is 10.4 Å². The number of benzene rings is 2. The molecule has 2 N–H and O–H groups in total. The molecule has 0 bridgehead atoms. The molecule has 3 aromatic rings. The van der Waals surface area contributed by atoms with Crippen molar-refractivity contribution in [2.24, 2.45) is 0 Å². The van der Waals surface area contributed by atoms with Gasteiger partial charge in [0, 0.05) is 27.6 Å². The minimum Gasteiger partial charge on any atom is -0.355 e. The third-order valence-electron chi connectivity index (χ3n) is 3.57. The Kier molecular flexibility index (Phi) is 5.31. The van der Waals surface area contributed by atoms with Crippen molar-refractivity contribution in [3.63, 3.8) is 0 Å². The van der Waals surface area contributed by atoms with E-state index in [2.05, 4.69) is 26.6 Å². The van der Waals surface area contributed by atoms with Crippen molar-refractivity contribution in [1.29, 1.82) is 0 Å². The summed E-state index contributed by atoms with van der Waals surface area (Å²) in [6.45, 7) is 0. The van der Waals surface area contributed by atoms with E-state index in [-0.39, 0.29) is 11.8 Å². The van der Waals surface area contributed by atoms with Crippen LogP contribution in [0.15, 0.2) is 65.1 Å². The largest absolute Gasteiger partial charge is 0.355 e. The molecule has 1 heterocycles. The van der Waals surface area contributed by atoms with Gasteiger partial charge in [0.05, 0.1) is 4.88 Å². The highest BCUT2D eigenvalue weighted by atomic mass is 79.9. The van der Waals surface area contributed by atoms with E-state index in [1.165, 1.54) is 11.3 Å². The molecule has 0 saturated heterocycles. The number of carbonyl (C=O) groups excluding carboxylic acids is 2. The summed E-state index contributed by atoms with van der Waals surface area (Å²) in [4.78, 5) is 25.8. The average molecular weight is 415 g/mol. The number of anilines is 1. The lowest BCUT2D eigenvalue weighted by Crippen LogP contribution is -2.18. The van der Waals surface area contributed by atoms with E-state index in [4.69, 9.17) is 0 Å². The second kappa shape index (κ2) is 7.63. The first-order valence-electron chi connectivity index (χ1n) is 7.56. The van der Waals surface area contributed by atoms with Gasteiger partial charge in [0.15, 0.2) is 0 Å². The lowest BCUT2D eigenvalue weighted by atomic mass is 10.2. The van der Waals surface area contributed by atoms with E-state index in [0.717, 1.165) is 14.9 Å². The van der Waals surface area contributed by atoms with E-state index < -0.39 is 0 Å². The van der Waals surface area contributed by atoms with E-state index in [0.29, 0.717) is 16.1 Å². The minimum atomic E-state index is -0.192. The average Bonchev–Trinajstić information content (AvgIpc) is 3.12. The summed E-state index contributed by atoms with van der Waals surface area (Å²) < 4.78 is 1.02. The Morgan fingerprint density at radius 2 is 1.72 bits per heavy atom. The van der Waals surface area contributed by atoms with Crippen LogP contribution in [0.25, 0.3) is 10.4 Å². The van der Waals surface area contributed by atoms with Crippen LogP contribution in [0.3, 0.4) is 0 Å². The first kappa shape index (κ1) is 17.4. The highest BCUT2D eigenvalue weighted by Gasteiger charge is 2.12. The molecule has 126 valence electrons. The third-order valence-corrected chi connectivity index (χ3v) is 5.23. The van der Waals surface area contributed by atoms with Crippen LogP contribution < -0.4 is 10.6 Å². The maximum Gasteiger partial charge on any atom is 0.265 e. The van der Waals surface area contributed by atoms with Gasteiger partial charge < -0.3 is 10.6 Å². The van der Waals surface area contributed by atoms with E-state index >= 15 is 0 Å². The molecular formula is C19H15BrN2O2S. The summed E-state index contributed by atoms with van der Waals surface area (Å²) in [7, 11) is 1.57. The lowest BCUT2D eigenvalue weighted by Gasteiger charge is -2.06. The van der Waals surface area contributed by atoms with Crippen LogP contribution in [0.5, 0.6) is 0 Å². The Hall–Kier alpha value is -2.44. The maximum atomic E-state index is 12.5. The van der Waals surface area contributed by atoms with Gasteiger partial charge in [-0.05, 0) is 48.0 Å². The van der Waals surface area contributed by atoms with Gasteiger partial charge in [0.2, 0.25) is 0 Å². The standard InChI is InChI=1S/C19H15BrN2O2S/c1-21-18(23)13-3-2-4-15(11-13)22-19(24)17-10-9-16(25-17)12-5-7-14(20)8-6-12/h2-11H,1H3,(H,21,23)(H,22,24). The van der Waals surface area contributed by atoms with E-state index in [1.807, 2.05) is 30.3 Å². The van der Waals surface area contributed by atoms with Crippen LogP contribution in [0, 0.1) is 0 Å². The number of hydrogen-bond acceptors (Lipinski definition) is 3. The molecule has 4 nitrogen and oxygen atoms in total. The molecule has 0 saturated carbocycles. The molecule has 0 aliphatic carbocycles. The first-order chi connectivity index (χ1) is 12.1. The van der Waals surface area contributed by atoms with Gasteiger partial charge in [-0.1, -0.05) is 34.1 Å². The second-order valence-electron chi connectivity index (χ2n) is 5.28. The normalized spacial score (nSPS) is 10.3. The lowest BCUT2D eigenvalue weighted by molar-refractivity contribution is 0.0961. The van der Waals surface area contributed by atoms with Crippen molar-refractivity contribution in [3.05, 3.63) is 75.6 Å². The van der Waals surface area contributed by atoms with Crippen molar-refractivity contribution in [1.82, 2.24) is 5.32 Å². The van der Waals surface area contributed by atoms with Crippen LogP contribution in [-0.4, -0.2) is 18.9 Å². The quantitative estimate of drug-likeness (QED) is 0.644. The zero-order valence-electron chi connectivity index (χ0n) is 13.4. The molecule has 0 aliphatic heterocycles. The molecule has 3 rings (SSSR count). The van der Waals surface area contributed by atoms with Crippen LogP contribution in [0.4, 0.5) is 5.69 Å². The molecule has 0 spiro atoms. The summed E-state index contributed by atoms with van der Waals surface area (Å²) in [5, 5.41) is 5.40. The van der Waals surface area contributed by atoms with E-state index in [1.54, 1.807) is 37.4 Å². The molecule has 0 radical (unpaired) electrons. The van der Waals surface area contributed by atoms with Crippen LogP contribution in [0.1, 0.15) is 20.0 Å². The fraction of sp³-hybridized carbons (Fsp3) is 0.0526.